The van der Waals surface area contributed by atoms with Crippen molar-refractivity contribution in [2.45, 2.75) is 19.0 Å². The van der Waals surface area contributed by atoms with Crippen LogP contribution in [0.25, 0.3) is 0 Å². The van der Waals surface area contributed by atoms with Crippen molar-refractivity contribution in [1.29, 1.82) is 0 Å². The minimum atomic E-state index is -4.84. The molecule has 2 heterocycles. The maximum Gasteiger partial charge on any atom is 0.437 e. The number of methoxy groups -OCH3 is 1. The molecule has 0 saturated carbocycles. The van der Waals surface area contributed by atoms with Gasteiger partial charge in [-0.1, -0.05) is 6.07 Å². The minimum absolute atomic E-state index is 0.194. The Morgan fingerprint density at radius 2 is 2.07 bits per heavy atom. The molecule has 0 atom stereocenters. The van der Waals surface area contributed by atoms with Crippen molar-refractivity contribution >= 4 is 17.7 Å². The Bertz CT molecular complexity index is 873. The zero-order chi connectivity index (χ0) is 21.6. The van der Waals surface area contributed by atoms with Crippen LogP contribution in [0, 0.1) is 5.92 Å². The molecule has 1 aromatic carbocycles. The van der Waals surface area contributed by atoms with Gasteiger partial charge in [-0.3, -0.25) is 0 Å². The van der Waals surface area contributed by atoms with Crippen LogP contribution < -0.4 is 20.1 Å². The van der Waals surface area contributed by atoms with Crippen LogP contribution in [0.2, 0.25) is 0 Å². The van der Waals surface area contributed by atoms with E-state index in [9.17, 15) is 18.0 Å². The van der Waals surface area contributed by atoms with Gasteiger partial charge in [-0.05, 0) is 30.9 Å². The van der Waals surface area contributed by atoms with E-state index in [1.165, 1.54) is 7.11 Å². The third-order valence-corrected chi connectivity index (χ3v) is 4.43. The van der Waals surface area contributed by atoms with Gasteiger partial charge in [0.1, 0.15) is 5.75 Å². The van der Waals surface area contributed by atoms with E-state index >= 15 is 0 Å². The lowest BCUT2D eigenvalue weighted by Crippen LogP contribution is -2.34. The summed E-state index contributed by atoms with van der Waals surface area (Å²) in [5, 5.41) is 5.15. The van der Waals surface area contributed by atoms with Crippen molar-refractivity contribution in [2.24, 2.45) is 5.92 Å². The van der Waals surface area contributed by atoms with Crippen molar-refractivity contribution < 1.29 is 32.2 Å². The van der Waals surface area contributed by atoms with E-state index < -0.39 is 23.7 Å². The molecule has 1 aliphatic heterocycles. The van der Waals surface area contributed by atoms with Gasteiger partial charge in [-0.2, -0.15) is 13.2 Å². The van der Waals surface area contributed by atoms with Gasteiger partial charge in [0.2, 0.25) is 5.95 Å². The lowest BCUT2D eigenvalue weighted by Gasteiger charge is -2.22. The molecular formula is C19H21F3N4O4. The van der Waals surface area contributed by atoms with Gasteiger partial charge in [0.05, 0.1) is 13.3 Å². The summed E-state index contributed by atoms with van der Waals surface area (Å²) >= 11 is 0. The van der Waals surface area contributed by atoms with Crippen molar-refractivity contribution in [3.63, 3.8) is 0 Å². The Morgan fingerprint density at radius 3 is 2.77 bits per heavy atom. The Balaban J connectivity index is 1.70. The fourth-order valence-corrected chi connectivity index (χ4v) is 2.85. The standard InChI is InChI=1S/C19H21F3N4O4/c1-28-14-4-2-3-13(9-14)25-17-23-11-15(16(26-17)19(20,21)22)30-18(27)24-10-12-5-7-29-8-6-12/h2-4,9,11-12H,5-8,10H2,1H3,(H,24,27)(H,23,25,26). The van der Waals surface area contributed by atoms with E-state index in [1.807, 2.05) is 0 Å². The molecule has 0 aliphatic carbocycles. The summed E-state index contributed by atoms with van der Waals surface area (Å²) in [5.74, 6) is -0.370. The first-order chi connectivity index (χ1) is 14.3. The summed E-state index contributed by atoms with van der Waals surface area (Å²) in [4.78, 5) is 19.3. The van der Waals surface area contributed by atoms with Crippen molar-refractivity contribution in [1.82, 2.24) is 15.3 Å². The third-order valence-electron chi connectivity index (χ3n) is 4.43. The van der Waals surface area contributed by atoms with E-state index in [2.05, 4.69) is 20.6 Å². The summed E-state index contributed by atoms with van der Waals surface area (Å²) < 4.78 is 55.5. The number of anilines is 2. The van der Waals surface area contributed by atoms with Crippen molar-refractivity contribution in [3.05, 3.63) is 36.2 Å². The molecule has 8 nitrogen and oxygen atoms in total. The fraction of sp³-hybridized carbons (Fsp3) is 0.421. The highest BCUT2D eigenvalue weighted by Gasteiger charge is 2.38. The quantitative estimate of drug-likeness (QED) is 0.726. The molecule has 1 amide bonds. The summed E-state index contributed by atoms with van der Waals surface area (Å²) in [6.07, 6.45) is -3.50. The van der Waals surface area contributed by atoms with Crippen LogP contribution in [-0.2, 0) is 10.9 Å². The molecule has 0 unspecified atom stereocenters. The number of ether oxygens (including phenoxy) is 3. The van der Waals surface area contributed by atoms with Crippen molar-refractivity contribution in [3.8, 4) is 11.5 Å². The number of nitrogens with zero attached hydrogens (tertiary/aromatic N) is 2. The van der Waals surface area contributed by atoms with Crippen molar-refractivity contribution in [2.75, 3.05) is 32.2 Å². The number of carbonyl (C=O) groups is 1. The van der Waals surface area contributed by atoms with E-state index in [0.717, 1.165) is 19.0 Å². The number of hydrogen-bond acceptors (Lipinski definition) is 7. The average molecular weight is 426 g/mol. The molecule has 1 fully saturated rings. The van der Waals surface area contributed by atoms with Crippen LogP contribution in [0.15, 0.2) is 30.5 Å². The molecule has 0 spiro atoms. The number of alkyl halides is 3. The van der Waals surface area contributed by atoms with Crippen LogP contribution in [-0.4, -0.2) is 42.9 Å². The van der Waals surface area contributed by atoms with Gasteiger partial charge in [0, 0.05) is 31.5 Å². The van der Waals surface area contributed by atoms with Gasteiger partial charge in [0.25, 0.3) is 0 Å². The number of halogens is 3. The largest absolute Gasteiger partial charge is 0.497 e. The molecule has 162 valence electrons. The Labute approximate surface area is 170 Å². The number of benzene rings is 1. The molecule has 11 heteroatoms. The second-order valence-electron chi connectivity index (χ2n) is 6.59. The number of aromatic nitrogens is 2. The second kappa shape index (κ2) is 9.61. The molecule has 0 radical (unpaired) electrons. The molecule has 0 bridgehead atoms. The summed E-state index contributed by atoms with van der Waals surface area (Å²) in [5.41, 5.74) is -0.922. The SMILES string of the molecule is COc1cccc(Nc2ncc(OC(=O)NCC3CCOCC3)c(C(F)(F)F)n2)c1. The normalized spacial score (nSPS) is 14.8. The zero-order valence-electron chi connectivity index (χ0n) is 16.2. The lowest BCUT2D eigenvalue weighted by atomic mass is 10.0. The van der Waals surface area contributed by atoms with E-state index in [1.54, 1.807) is 24.3 Å². The first-order valence-electron chi connectivity index (χ1n) is 9.24. The molecule has 1 aliphatic rings. The first-order valence-corrected chi connectivity index (χ1v) is 9.24. The molecule has 1 saturated heterocycles. The number of rotatable bonds is 6. The van der Waals surface area contributed by atoms with Gasteiger partial charge in [0.15, 0.2) is 11.4 Å². The smallest absolute Gasteiger partial charge is 0.437 e. The molecule has 30 heavy (non-hydrogen) atoms. The van der Waals surface area contributed by atoms with Crippen LogP contribution in [0.3, 0.4) is 0 Å². The van der Waals surface area contributed by atoms with E-state index in [-0.39, 0.29) is 11.9 Å². The first kappa shape index (κ1) is 21.6. The second-order valence-corrected chi connectivity index (χ2v) is 6.59. The monoisotopic (exact) mass is 426 g/mol. The predicted molar refractivity (Wildman–Crippen MR) is 101 cm³/mol. The summed E-state index contributed by atoms with van der Waals surface area (Å²) in [7, 11) is 1.47. The van der Waals surface area contributed by atoms with E-state index in [4.69, 9.17) is 14.2 Å². The molecule has 2 aromatic rings. The Hall–Kier alpha value is -3.08. The maximum absolute atomic E-state index is 13.4. The fourth-order valence-electron chi connectivity index (χ4n) is 2.85. The lowest BCUT2D eigenvalue weighted by molar-refractivity contribution is -0.142. The number of carbonyl (C=O) groups excluding carboxylic acids is 1. The maximum atomic E-state index is 13.4. The minimum Gasteiger partial charge on any atom is -0.497 e. The third kappa shape index (κ3) is 5.96. The van der Waals surface area contributed by atoms with Gasteiger partial charge in [-0.15, -0.1) is 0 Å². The van der Waals surface area contributed by atoms with Crippen LogP contribution in [0.5, 0.6) is 11.5 Å². The highest BCUT2D eigenvalue weighted by Crippen LogP contribution is 2.35. The number of nitrogens with one attached hydrogen (secondary N) is 2. The molecule has 1 aromatic heterocycles. The highest BCUT2D eigenvalue weighted by atomic mass is 19.4. The number of hydrogen-bond donors (Lipinski definition) is 2. The molecule has 3 rings (SSSR count). The zero-order valence-corrected chi connectivity index (χ0v) is 16.2. The predicted octanol–water partition coefficient (Wildman–Crippen LogP) is 3.76. The van der Waals surface area contributed by atoms with Crippen LogP contribution >= 0.6 is 0 Å². The number of amides is 1. The van der Waals surface area contributed by atoms with Crippen LogP contribution in [0.4, 0.5) is 29.6 Å². The Kier molecular flexibility index (Phi) is 6.93. The summed E-state index contributed by atoms with van der Waals surface area (Å²) in [6, 6.07) is 6.53. The molecular weight excluding hydrogens is 405 g/mol. The Morgan fingerprint density at radius 1 is 1.30 bits per heavy atom. The van der Waals surface area contributed by atoms with Gasteiger partial charge >= 0.3 is 12.3 Å². The average Bonchev–Trinajstić information content (AvgIpc) is 2.73. The van der Waals surface area contributed by atoms with Gasteiger partial charge in [-0.25, -0.2) is 14.8 Å². The topological polar surface area (TPSA) is 94.6 Å². The van der Waals surface area contributed by atoms with E-state index in [0.29, 0.717) is 31.2 Å². The van der Waals surface area contributed by atoms with Crippen LogP contribution in [0.1, 0.15) is 18.5 Å². The molecule has 2 N–H and O–H groups in total. The highest BCUT2D eigenvalue weighted by molar-refractivity contribution is 5.70. The summed E-state index contributed by atoms with van der Waals surface area (Å²) in [6.45, 7) is 1.48. The van der Waals surface area contributed by atoms with Gasteiger partial charge < -0.3 is 24.8 Å².